The third-order valence-electron chi connectivity index (χ3n) is 2.18. The van der Waals surface area contributed by atoms with E-state index in [-0.39, 0.29) is 6.42 Å². The van der Waals surface area contributed by atoms with Crippen LogP contribution >= 0.6 is 0 Å². The zero-order chi connectivity index (χ0) is 13.6. The summed E-state index contributed by atoms with van der Waals surface area (Å²) in [6, 6.07) is 0. The maximum absolute atomic E-state index is 11.6. The van der Waals surface area contributed by atoms with Gasteiger partial charge in [-0.15, -0.1) is 0 Å². The van der Waals surface area contributed by atoms with Crippen LogP contribution in [0.3, 0.4) is 0 Å². The van der Waals surface area contributed by atoms with Gasteiger partial charge in [-0.1, -0.05) is 6.08 Å². The van der Waals surface area contributed by atoms with E-state index in [9.17, 15) is 9.59 Å². The molecule has 0 aliphatic heterocycles. The van der Waals surface area contributed by atoms with Gasteiger partial charge in [0.15, 0.2) is 6.10 Å². The molecule has 0 aliphatic carbocycles. The summed E-state index contributed by atoms with van der Waals surface area (Å²) in [6.45, 7) is 3.85. The van der Waals surface area contributed by atoms with Crippen LogP contribution in [0, 0.1) is 0 Å². The van der Waals surface area contributed by atoms with E-state index < -0.39 is 18.0 Å². The number of aliphatic carboxylic acids is 1. The second kappa shape index (κ2) is 6.39. The van der Waals surface area contributed by atoms with E-state index in [1.807, 2.05) is 21.1 Å². The smallest absolute Gasteiger partial charge is 0.333 e. The Bertz CT molecular complexity index is 315. The summed E-state index contributed by atoms with van der Waals surface area (Å²) in [5, 5.41) is 8.78. The fourth-order valence-electron chi connectivity index (χ4n) is 1.31. The second-order valence-electron chi connectivity index (χ2n) is 5.07. The predicted molar refractivity (Wildman–Crippen MR) is 64.5 cm³/mol. The Morgan fingerprint density at radius 2 is 1.88 bits per heavy atom. The van der Waals surface area contributed by atoms with Crippen molar-refractivity contribution in [3.8, 4) is 0 Å². The van der Waals surface area contributed by atoms with Crippen LogP contribution in [0.15, 0.2) is 11.6 Å². The highest BCUT2D eigenvalue weighted by atomic mass is 16.5. The molecular weight excluding hydrogens is 222 g/mol. The maximum atomic E-state index is 11.6. The van der Waals surface area contributed by atoms with Crippen molar-refractivity contribution in [3.63, 3.8) is 0 Å². The van der Waals surface area contributed by atoms with Gasteiger partial charge in [-0.3, -0.25) is 4.79 Å². The van der Waals surface area contributed by atoms with Gasteiger partial charge in [0, 0.05) is 5.57 Å². The van der Waals surface area contributed by atoms with Crippen LogP contribution in [0.25, 0.3) is 0 Å². The van der Waals surface area contributed by atoms with Crippen molar-refractivity contribution >= 4 is 11.9 Å². The summed E-state index contributed by atoms with van der Waals surface area (Å²) in [7, 11) is 5.77. The molecule has 0 fully saturated rings. The standard InChI is InChI=1S/C12H21NO4/c1-6-9(2)12(16)17-10(7-11(14)15)8-13(3,4)5/h6,10H,7-8H2,1-5H3/p+1/b9-6+/t10-/m1/s1. The van der Waals surface area contributed by atoms with Crippen LogP contribution in [-0.2, 0) is 14.3 Å². The number of nitrogens with zero attached hydrogens (tertiary/aromatic N) is 1. The zero-order valence-corrected chi connectivity index (χ0v) is 11.2. The van der Waals surface area contributed by atoms with Crippen LogP contribution in [0.4, 0.5) is 0 Å². The Morgan fingerprint density at radius 3 is 2.24 bits per heavy atom. The largest absolute Gasteiger partial charge is 0.481 e. The zero-order valence-electron chi connectivity index (χ0n) is 11.2. The topological polar surface area (TPSA) is 63.6 Å². The molecule has 5 nitrogen and oxygen atoms in total. The summed E-state index contributed by atoms with van der Waals surface area (Å²) in [5.74, 6) is -1.42. The number of allylic oxidation sites excluding steroid dienone is 1. The monoisotopic (exact) mass is 244 g/mol. The van der Waals surface area contributed by atoms with Gasteiger partial charge in [-0.2, -0.15) is 0 Å². The molecule has 5 heteroatoms. The van der Waals surface area contributed by atoms with Gasteiger partial charge >= 0.3 is 11.9 Å². The van der Waals surface area contributed by atoms with E-state index in [1.165, 1.54) is 0 Å². The minimum Gasteiger partial charge on any atom is -0.481 e. The Morgan fingerprint density at radius 1 is 1.35 bits per heavy atom. The molecular formula is C12H22NO4+. The van der Waals surface area contributed by atoms with Crippen molar-refractivity contribution < 1.29 is 23.9 Å². The Balaban J connectivity index is 4.60. The highest BCUT2D eigenvalue weighted by molar-refractivity contribution is 5.87. The maximum Gasteiger partial charge on any atom is 0.333 e. The van der Waals surface area contributed by atoms with Crippen LogP contribution in [-0.4, -0.2) is 55.3 Å². The fraction of sp³-hybridized carbons (Fsp3) is 0.667. The molecule has 0 unspecified atom stereocenters. The Labute approximate surface area is 102 Å². The van der Waals surface area contributed by atoms with Gasteiger partial charge in [0.1, 0.15) is 6.54 Å². The number of hydrogen-bond donors (Lipinski definition) is 1. The van der Waals surface area contributed by atoms with Crippen molar-refractivity contribution in [1.29, 1.82) is 0 Å². The molecule has 1 atom stereocenters. The normalized spacial score (nSPS) is 14.3. The summed E-state index contributed by atoms with van der Waals surface area (Å²) in [5.41, 5.74) is 0.488. The molecule has 0 heterocycles. The molecule has 0 radical (unpaired) electrons. The van der Waals surface area contributed by atoms with Crippen LogP contribution in [0.2, 0.25) is 0 Å². The van der Waals surface area contributed by atoms with E-state index in [4.69, 9.17) is 9.84 Å². The molecule has 1 N–H and O–H groups in total. The summed E-state index contributed by atoms with van der Waals surface area (Å²) < 4.78 is 5.73. The third-order valence-corrected chi connectivity index (χ3v) is 2.18. The van der Waals surface area contributed by atoms with E-state index in [1.54, 1.807) is 19.9 Å². The molecule has 0 amide bonds. The molecule has 0 bridgehead atoms. The number of carbonyl (C=O) groups excluding carboxylic acids is 1. The third kappa shape index (κ3) is 7.52. The highest BCUT2D eigenvalue weighted by Crippen LogP contribution is 2.08. The molecule has 0 saturated heterocycles. The predicted octanol–water partition coefficient (Wildman–Crippen LogP) is 1.05. The molecule has 0 aromatic carbocycles. The van der Waals surface area contributed by atoms with Gasteiger partial charge in [0.25, 0.3) is 0 Å². The van der Waals surface area contributed by atoms with Crippen molar-refractivity contribution in [1.82, 2.24) is 0 Å². The van der Waals surface area contributed by atoms with Gasteiger partial charge < -0.3 is 14.3 Å². The molecule has 0 spiro atoms. The van der Waals surface area contributed by atoms with Crippen molar-refractivity contribution in [2.75, 3.05) is 27.7 Å². The van der Waals surface area contributed by atoms with Crippen molar-refractivity contribution in [3.05, 3.63) is 11.6 Å². The lowest BCUT2D eigenvalue weighted by molar-refractivity contribution is -0.873. The first kappa shape index (κ1) is 15.6. The van der Waals surface area contributed by atoms with Crippen LogP contribution in [0.1, 0.15) is 20.3 Å². The van der Waals surface area contributed by atoms with E-state index in [2.05, 4.69) is 0 Å². The second-order valence-corrected chi connectivity index (χ2v) is 5.07. The number of hydrogen-bond acceptors (Lipinski definition) is 3. The van der Waals surface area contributed by atoms with E-state index in [0.717, 1.165) is 0 Å². The fourth-order valence-corrected chi connectivity index (χ4v) is 1.31. The number of carbonyl (C=O) groups is 2. The molecule has 0 saturated carbocycles. The average Bonchev–Trinajstić information content (AvgIpc) is 2.12. The highest BCUT2D eigenvalue weighted by Gasteiger charge is 2.24. The number of likely N-dealkylation sites (N-methyl/N-ethyl adjacent to an activating group) is 1. The summed E-state index contributed by atoms with van der Waals surface area (Å²) >= 11 is 0. The molecule has 0 rings (SSSR count). The van der Waals surface area contributed by atoms with Crippen LogP contribution in [0.5, 0.6) is 0 Å². The minimum absolute atomic E-state index is 0.168. The van der Waals surface area contributed by atoms with Crippen LogP contribution < -0.4 is 0 Å². The van der Waals surface area contributed by atoms with Crippen molar-refractivity contribution in [2.45, 2.75) is 26.4 Å². The molecule has 0 aliphatic rings. The first-order valence-electron chi connectivity index (χ1n) is 5.52. The van der Waals surface area contributed by atoms with E-state index in [0.29, 0.717) is 16.6 Å². The van der Waals surface area contributed by atoms with Gasteiger partial charge in [0.05, 0.1) is 27.6 Å². The molecule has 17 heavy (non-hydrogen) atoms. The van der Waals surface area contributed by atoms with Gasteiger partial charge in [-0.25, -0.2) is 4.79 Å². The Hall–Kier alpha value is -1.36. The molecule has 0 aromatic heterocycles. The average molecular weight is 244 g/mol. The molecule has 0 aromatic rings. The first-order valence-corrected chi connectivity index (χ1v) is 5.52. The lowest BCUT2D eigenvalue weighted by Gasteiger charge is -2.28. The summed E-state index contributed by atoms with van der Waals surface area (Å²) in [6.07, 6.45) is 0.875. The lowest BCUT2D eigenvalue weighted by atomic mass is 10.2. The van der Waals surface area contributed by atoms with Gasteiger partial charge in [-0.05, 0) is 13.8 Å². The number of quaternary nitrogens is 1. The number of rotatable bonds is 6. The number of esters is 1. The molecule has 98 valence electrons. The number of ether oxygens (including phenoxy) is 1. The first-order chi connectivity index (χ1) is 7.65. The summed E-state index contributed by atoms with van der Waals surface area (Å²) in [4.78, 5) is 22.3. The van der Waals surface area contributed by atoms with Gasteiger partial charge in [0.2, 0.25) is 0 Å². The van der Waals surface area contributed by atoms with E-state index >= 15 is 0 Å². The minimum atomic E-state index is -0.964. The number of carboxylic acids is 1. The Kier molecular flexibility index (Phi) is 5.88. The lowest BCUT2D eigenvalue weighted by Crippen LogP contribution is -2.43. The quantitative estimate of drug-likeness (QED) is 0.431. The number of carboxylic acid groups (broad SMARTS) is 1. The SMILES string of the molecule is C/C=C(\C)C(=O)O[C@H](CC(=O)O)C[N+](C)(C)C. The van der Waals surface area contributed by atoms with Crippen molar-refractivity contribution in [2.24, 2.45) is 0 Å².